The number of nitriles is 1. The van der Waals surface area contributed by atoms with E-state index in [4.69, 9.17) is 22.4 Å². The minimum absolute atomic E-state index is 0.226. The number of aromatic nitrogens is 5. The number of hydrogen-bond donors (Lipinski definition) is 2. The van der Waals surface area contributed by atoms with E-state index in [-0.39, 0.29) is 16.9 Å². The van der Waals surface area contributed by atoms with Gasteiger partial charge in [-0.1, -0.05) is 24.9 Å². The summed E-state index contributed by atoms with van der Waals surface area (Å²) in [6.45, 7) is 4.57. The molecule has 1 fully saturated rings. The fourth-order valence-electron chi connectivity index (χ4n) is 3.66. The van der Waals surface area contributed by atoms with Gasteiger partial charge in [-0.05, 0) is 32.3 Å². The van der Waals surface area contributed by atoms with Crippen LogP contribution in [0.4, 0.5) is 11.6 Å². The van der Waals surface area contributed by atoms with Gasteiger partial charge in [0.15, 0.2) is 5.65 Å². The second-order valence-corrected chi connectivity index (χ2v) is 7.75. The Hall–Kier alpha value is -2.79. The highest BCUT2D eigenvalue weighted by Gasteiger charge is 2.44. The Bertz CT molecular complexity index is 1070. The van der Waals surface area contributed by atoms with Crippen molar-refractivity contribution in [2.24, 2.45) is 0 Å². The van der Waals surface area contributed by atoms with Crippen molar-refractivity contribution >= 4 is 28.9 Å². The van der Waals surface area contributed by atoms with Crippen molar-refractivity contribution in [1.29, 1.82) is 5.26 Å². The molecule has 3 N–H and O–H groups in total. The molecule has 0 amide bonds. The van der Waals surface area contributed by atoms with Crippen LogP contribution < -0.4 is 11.1 Å². The van der Waals surface area contributed by atoms with E-state index in [0.717, 1.165) is 12.1 Å². The minimum Gasteiger partial charge on any atom is -0.382 e. The van der Waals surface area contributed by atoms with Crippen LogP contribution in [0.2, 0.25) is 5.02 Å². The molecule has 4 rings (SSSR count). The summed E-state index contributed by atoms with van der Waals surface area (Å²) in [5, 5.41) is 22.1. The highest BCUT2D eigenvalue weighted by atomic mass is 35.5. The SMILES string of the molecule is CCCC1(n2ccc(CCNc3nc4c(Cl)c(C)nn4c(N)c3C#N)n2)CC1. The molecule has 0 spiro atoms. The fourth-order valence-corrected chi connectivity index (χ4v) is 3.82. The van der Waals surface area contributed by atoms with Gasteiger partial charge in [0.05, 0.1) is 16.9 Å². The maximum Gasteiger partial charge on any atom is 0.178 e. The first kappa shape index (κ1) is 18.6. The third-order valence-electron chi connectivity index (χ3n) is 5.36. The number of nitrogen functional groups attached to an aromatic ring is 1. The van der Waals surface area contributed by atoms with Gasteiger partial charge in [-0.3, -0.25) is 4.68 Å². The monoisotopic (exact) mass is 398 g/mol. The maximum absolute atomic E-state index is 9.50. The molecule has 0 aliphatic heterocycles. The van der Waals surface area contributed by atoms with Crippen molar-refractivity contribution in [1.82, 2.24) is 24.4 Å². The molecule has 1 saturated carbocycles. The van der Waals surface area contributed by atoms with Crippen molar-refractivity contribution in [3.63, 3.8) is 0 Å². The first-order valence-electron chi connectivity index (χ1n) is 9.52. The summed E-state index contributed by atoms with van der Waals surface area (Å²) >= 11 is 6.26. The van der Waals surface area contributed by atoms with Crippen LogP contribution in [-0.4, -0.2) is 30.9 Å². The highest BCUT2D eigenvalue weighted by Crippen LogP contribution is 2.46. The average molecular weight is 399 g/mol. The molecule has 0 bridgehead atoms. The van der Waals surface area contributed by atoms with E-state index < -0.39 is 0 Å². The van der Waals surface area contributed by atoms with Crippen LogP contribution in [-0.2, 0) is 12.0 Å². The third-order valence-corrected chi connectivity index (χ3v) is 5.80. The van der Waals surface area contributed by atoms with Crippen molar-refractivity contribution in [2.45, 2.75) is 51.5 Å². The number of nitrogens with zero attached hydrogens (tertiary/aromatic N) is 6. The highest BCUT2D eigenvalue weighted by molar-refractivity contribution is 6.34. The van der Waals surface area contributed by atoms with E-state index in [1.165, 1.54) is 30.2 Å². The fraction of sp³-hybridized carbons (Fsp3) is 0.474. The minimum atomic E-state index is 0.226. The van der Waals surface area contributed by atoms with E-state index in [9.17, 15) is 5.26 Å². The quantitative estimate of drug-likeness (QED) is 0.631. The molecule has 0 atom stereocenters. The van der Waals surface area contributed by atoms with E-state index in [2.05, 4.69) is 45.3 Å². The molecule has 9 heteroatoms. The van der Waals surface area contributed by atoms with Crippen molar-refractivity contribution in [3.05, 3.63) is 34.2 Å². The number of anilines is 2. The molecule has 8 nitrogen and oxygen atoms in total. The molecule has 146 valence electrons. The third kappa shape index (κ3) is 3.06. The lowest BCUT2D eigenvalue weighted by atomic mass is 10.1. The molecule has 1 aliphatic carbocycles. The number of nitrogens with one attached hydrogen (secondary N) is 1. The predicted octanol–water partition coefficient (Wildman–Crippen LogP) is 3.29. The van der Waals surface area contributed by atoms with Gasteiger partial charge in [0.1, 0.15) is 28.3 Å². The Morgan fingerprint density at radius 2 is 2.18 bits per heavy atom. The maximum atomic E-state index is 9.50. The zero-order valence-corrected chi connectivity index (χ0v) is 16.8. The van der Waals surface area contributed by atoms with Crippen LogP contribution in [0, 0.1) is 18.3 Å². The molecule has 3 aromatic rings. The Morgan fingerprint density at radius 3 is 2.86 bits per heavy atom. The van der Waals surface area contributed by atoms with Crippen LogP contribution >= 0.6 is 11.6 Å². The van der Waals surface area contributed by atoms with Gasteiger partial charge in [-0.15, -0.1) is 0 Å². The Kier molecular flexibility index (Phi) is 4.63. The number of aryl methyl sites for hydroxylation is 1. The van der Waals surface area contributed by atoms with Crippen molar-refractivity contribution < 1.29 is 0 Å². The molecular weight excluding hydrogens is 376 g/mol. The van der Waals surface area contributed by atoms with Gasteiger partial charge < -0.3 is 11.1 Å². The molecule has 3 aromatic heterocycles. The van der Waals surface area contributed by atoms with Crippen LogP contribution in [0.25, 0.3) is 5.65 Å². The predicted molar refractivity (Wildman–Crippen MR) is 108 cm³/mol. The summed E-state index contributed by atoms with van der Waals surface area (Å²) < 4.78 is 3.54. The lowest BCUT2D eigenvalue weighted by molar-refractivity contribution is 0.395. The van der Waals surface area contributed by atoms with Crippen molar-refractivity contribution in [2.75, 3.05) is 17.6 Å². The second-order valence-electron chi connectivity index (χ2n) is 7.37. The Morgan fingerprint density at radius 1 is 1.39 bits per heavy atom. The first-order valence-corrected chi connectivity index (χ1v) is 9.90. The van der Waals surface area contributed by atoms with Gasteiger partial charge in [0.2, 0.25) is 0 Å². The molecule has 0 saturated heterocycles. The summed E-state index contributed by atoms with van der Waals surface area (Å²) in [4.78, 5) is 4.47. The summed E-state index contributed by atoms with van der Waals surface area (Å²) in [5.74, 6) is 0.642. The number of nitrogens with two attached hydrogens (primary N) is 1. The zero-order valence-electron chi connectivity index (χ0n) is 16.0. The Labute approximate surface area is 168 Å². The topological polar surface area (TPSA) is 110 Å². The van der Waals surface area contributed by atoms with Gasteiger partial charge in [-0.25, -0.2) is 4.98 Å². The zero-order chi connectivity index (χ0) is 19.9. The molecule has 0 aromatic carbocycles. The molecule has 3 heterocycles. The number of halogens is 1. The lowest BCUT2D eigenvalue weighted by Crippen LogP contribution is -2.18. The second kappa shape index (κ2) is 6.99. The molecular formula is C19H23ClN8. The summed E-state index contributed by atoms with van der Waals surface area (Å²) in [7, 11) is 0. The van der Waals surface area contributed by atoms with Crippen LogP contribution in [0.15, 0.2) is 12.3 Å². The summed E-state index contributed by atoms with van der Waals surface area (Å²) in [5.41, 5.74) is 8.68. The summed E-state index contributed by atoms with van der Waals surface area (Å²) in [6, 6.07) is 4.17. The molecule has 1 aliphatic rings. The normalized spacial score (nSPS) is 14.9. The first-order chi connectivity index (χ1) is 13.5. The van der Waals surface area contributed by atoms with Crippen LogP contribution in [0.3, 0.4) is 0 Å². The van der Waals surface area contributed by atoms with E-state index in [0.29, 0.717) is 28.7 Å². The lowest BCUT2D eigenvalue weighted by Gasteiger charge is -2.14. The summed E-state index contributed by atoms with van der Waals surface area (Å²) in [6.07, 6.45) is 7.56. The van der Waals surface area contributed by atoms with E-state index in [1.807, 2.05) is 0 Å². The van der Waals surface area contributed by atoms with Crippen LogP contribution in [0.5, 0.6) is 0 Å². The average Bonchev–Trinajstić information content (AvgIpc) is 3.20. The molecule has 28 heavy (non-hydrogen) atoms. The van der Waals surface area contributed by atoms with Crippen molar-refractivity contribution in [3.8, 4) is 6.07 Å². The largest absolute Gasteiger partial charge is 0.382 e. The number of fused-ring (bicyclic) bond motifs is 1. The van der Waals surface area contributed by atoms with E-state index in [1.54, 1.807) is 6.92 Å². The number of hydrogen-bond acceptors (Lipinski definition) is 6. The standard InChI is InChI=1S/C19H23ClN8/c1-3-6-19(7-8-19)27-10-5-13(26-27)4-9-23-17-14(11-21)16(22)28-18(24-17)15(20)12(2)25-28/h5,10H,3-4,6-9,22H2,1-2H3,(H,23,24). The van der Waals surface area contributed by atoms with Gasteiger partial charge >= 0.3 is 0 Å². The number of rotatable bonds is 7. The van der Waals surface area contributed by atoms with Crippen LogP contribution in [0.1, 0.15) is 49.6 Å². The van der Waals surface area contributed by atoms with Gasteiger partial charge in [-0.2, -0.15) is 20.0 Å². The Balaban J connectivity index is 1.50. The molecule has 0 radical (unpaired) electrons. The molecule has 0 unspecified atom stereocenters. The van der Waals surface area contributed by atoms with Gasteiger partial charge in [0.25, 0.3) is 0 Å². The smallest absolute Gasteiger partial charge is 0.178 e. The van der Waals surface area contributed by atoms with Gasteiger partial charge in [0, 0.05) is 19.2 Å². The van der Waals surface area contributed by atoms with E-state index >= 15 is 0 Å².